The van der Waals surface area contributed by atoms with Gasteiger partial charge in [-0.05, 0) is 34.2 Å². The number of amides is 1. The van der Waals surface area contributed by atoms with Crippen LogP contribution in [-0.4, -0.2) is 50.1 Å². The maximum atomic E-state index is 12.1. The number of hydrogen-bond donors (Lipinski definition) is 0. The highest BCUT2D eigenvalue weighted by molar-refractivity contribution is 6.77. The first kappa shape index (κ1) is 26.6. The van der Waals surface area contributed by atoms with Crippen molar-refractivity contribution >= 4 is 14.4 Å². The number of likely N-dealkylation sites (tertiary alicyclic amines) is 1. The molecule has 0 atom stereocenters. The van der Waals surface area contributed by atoms with Crippen LogP contribution in [0.25, 0.3) is 0 Å². The summed E-state index contributed by atoms with van der Waals surface area (Å²) in [6, 6.07) is 4.02. The van der Waals surface area contributed by atoms with Gasteiger partial charge in [0.25, 0.3) is 0 Å². The summed E-state index contributed by atoms with van der Waals surface area (Å²) in [4.78, 5) is 18.3. The summed E-state index contributed by atoms with van der Waals surface area (Å²) in [5.41, 5.74) is 2.76. The fourth-order valence-corrected chi connectivity index (χ4v) is 10.4. The van der Waals surface area contributed by atoms with Gasteiger partial charge in [-0.1, -0.05) is 55.4 Å². The van der Waals surface area contributed by atoms with Crippen molar-refractivity contribution in [3.63, 3.8) is 0 Å². The van der Waals surface area contributed by atoms with E-state index in [-0.39, 0.29) is 12.2 Å². The monoisotopic (exact) mass is 464 g/mol. The topological polar surface area (TPSA) is 60.9 Å². The zero-order valence-corrected chi connectivity index (χ0v) is 22.4. The van der Waals surface area contributed by atoms with Gasteiger partial charge in [-0.15, -0.1) is 0 Å². The average molecular weight is 465 g/mol. The summed E-state index contributed by atoms with van der Waals surface area (Å²) in [5, 5.41) is 0. The van der Waals surface area contributed by atoms with Crippen LogP contribution in [0.5, 0.6) is 5.88 Å². The molecule has 0 radical (unpaired) electrons. The van der Waals surface area contributed by atoms with Gasteiger partial charge < -0.3 is 18.8 Å². The van der Waals surface area contributed by atoms with Crippen LogP contribution in [0.4, 0.5) is 4.79 Å². The molecule has 6 nitrogen and oxygen atoms in total. The molecule has 1 aromatic heterocycles. The van der Waals surface area contributed by atoms with E-state index in [0.717, 1.165) is 18.4 Å². The smallest absolute Gasteiger partial charge is 0.409 e. The maximum Gasteiger partial charge on any atom is 0.409 e. The van der Waals surface area contributed by atoms with Gasteiger partial charge >= 0.3 is 6.09 Å². The Balaban J connectivity index is 1.92. The molecule has 0 N–H and O–H groups in total. The lowest BCUT2D eigenvalue weighted by Crippen LogP contribution is -2.47. The van der Waals surface area contributed by atoms with Crippen molar-refractivity contribution in [1.82, 2.24) is 9.88 Å². The highest BCUT2D eigenvalue weighted by atomic mass is 28.4. The lowest BCUT2D eigenvalue weighted by molar-refractivity contribution is 0.0605. The molecule has 0 spiro atoms. The molecule has 32 heavy (non-hydrogen) atoms. The summed E-state index contributed by atoms with van der Waals surface area (Å²) in [7, 11) is -1.91. The van der Waals surface area contributed by atoms with E-state index in [2.05, 4.69) is 46.5 Å². The number of ether oxygens (including phenoxy) is 2. The van der Waals surface area contributed by atoms with Crippen molar-refractivity contribution in [3.8, 4) is 5.88 Å². The third-order valence-electron chi connectivity index (χ3n) is 6.52. The van der Waals surface area contributed by atoms with E-state index in [0.29, 0.717) is 54.7 Å². The van der Waals surface area contributed by atoms with Crippen molar-refractivity contribution in [2.45, 2.75) is 97.6 Å². The lowest BCUT2D eigenvalue weighted by atomic mass is 10.1. The van der Waals surface area contributed by atoms with Crippen LogP contribution < -0.4 is 4.74 Å². The SMILES string of the molecule is CC(C)COC(=O)N1CCC(Oc2cc(CO[Si](C(C)C)(C(C)C)C(C)C)ccn2)CC1. The Morgan fingerprint density at radius 2 is 1.66 bits per heavy atom. The quantitative estimate of drug-likeness (QED) is 0.374. The van der Waals surface area contributed by atoms with Gasteiger partial charge in [-0.25, -0.2) is 9.78 Å². The second kappa shape index (κ2) is 12.0. The Hall–Kier alpha value is -1.60. The van der Waals surface area contributed by atoms with Gasteiger partial charge in [0.15, 0.2) is 0 Å². The number of pyridine rings is 1. The molecule has 1 fully saturated rings. The van der Waals surface area contributed by atoms with E-state index in [4.69, 9.17) is 13.9 Å². The minimum absolute atomic E-state index is 0.0586. The molecule has 0 aliphatic carbocycles. The third kappa shape index (κ3) is 6.95. The number of rotatable bonds is 10. The number of carbonyl (C=O) groups excluding carboxylic acids is 1. The van der Waals surface area contributed by atoms with Gasteiger partial charge in [-0.3, -0.25) is 0 Å². The minimum atomic E-state index is -1.91. The van der Waals surface area contributed by atoms with Crippen molar-refractivity contribution < 1.29 is 18.7 Å². The first-order valence-corrected chi connectivity index (χ1v) is 14.4. The number of aromatic nitrogens is 1. The van der Waals surface area contributed by atoms with Crippen LogP contribution in [-0.2, 0) is 15.8 Å². The summed E-state index contributed by atoms with van der Waals surface area (Å²) in [5.74, 6) is 0.981. The van der Waals surface area contributed by atoms with E-state index in [9.17, 15) is 4.79 Å². The number of piperidine rings is 1. The molecular formula is C25H44N2O4Si. The molecule has 0 aromatic carbocycles. The average Bonchev–Trinajstić information content (AvgIpc) is 2.72. The van der Waals surface area contributed by atoms with Gasteiger partial charge in [0, 0.05) is 38.2 Å². The van der Waals surface area contributed by atoms with Crippen LogP contribution in [0.3, 0.4) is 0 Å². The van der Waals surface area contributed by atoms with Crippen LogP contribution in [0.1, 0.15) is 73.8 Å². The van der Waals surface area contributed by atoms with E-state index in [1.54, 1.807) is 11.1 Å². The van der Waals surface area contributed by atoms with Crippen molar-refractivity contribution in [2.24, 2.45) is 5.92 Å². The molecule has 1 amide bonds. The molecule has 1 saturated heterocycles. The van der Waals surface area contributed by atoms with Gasteiger partial charge in [0.05, 0.1) is 13.2 Å². The molecule has 182 valence electrons. The highest BCUT2D eigenvalue weighted by Crippen LogP contribution is 2.42. The predicted octanol–water partition coefficient (Wildman–Crippen LogP) is 6.41. The molecule has 7 heteroatoms. The first-order chi connectivity index (χ1) is 15.1. The Morgan fingerprint density at radius 1 is 1.06 bits per heavy atom. The molecule has 2 rings (SSSR count). The van der Waals surface area contributed by atoms with E-state index in [1.807, 2.05) is 26.0 Å². The van der Waals surface area contributed by atoms with Crippen molar-refractivity contribution in [1.29, 1.82) is 0 Å². The standard InChI is InChI=1S/C25H44N2O4Si/c1-18(2)16-29-25(28)27-13-10-23(11-14-27)31-24-15-22(9-12-26-24)17-30-32(19(3)4,20(5)6)21(7)8/h9,12,15,18-21,23H,10-11,13-14,16-17H2,1-8H3. The second-order valence-corrected chi connectivity index (χ2v) is 15.8. The highest BCUT2D eigenvalue weighted by Gasteiger charge is 2.45. The third-order valence-corrected chi connectivity index (χ3v) is 12.6. The molecule has 0 bridgehead atoms. The fraction of sp³-hybridized carbons (Fsp3) is 0.760. The molecular weight excluding hydrogens is 420 g/mol. The zero-order valence-electron chi connectivity index (χ0n) is 21.4. The molecule has 1 aliphatic rings. The molecule has 1 aromatic rings. The van der Waals surface area contributed by atoms with Crippen molar-refractivity contribution in [2.75, 3.05) is 19.7 Å². The van der Waals surface area contributed by atoms with Crippen LogP contribution >= 0.6 is 0 Å². The lowest BCUT2D eigenvalue weighted by Gasteiger charge is -2.42. The van der Waals surface area contributed by atoms with Gasteiger partial charge in [0.1, 0.15) is 6.10 Å². The van der Waals surface area contributed by atoms with Gasteiger partial charge in [-0.2, -0.15) is 0 Å². The summed E-state index contributed by atoms with van der Waals surface area (Å²) in [6.07, 6.45) is 3.20. The summed E-state index contributed by atoms with van der Waals surface area (Å²) >= 11 is 0. The van der Waals surface area contributed by atoms with E-state index >= 15 is 0 Å². The number of carbonyl (C=O) groups is 1. The second-order valence-electron chi connectivity index (χ2n) is 10.4. The van der Waals surface area contributed by atoms with E-state index in [1.165, 1.54) is 0 Å². The normalized spacial score (nSPS) is 15.8. The molecule has 2 heterocycles. The Kier molecular flexibility index (Phi) is 10.0. The molecule has 0 unspecified atom stereocenters. The van der Waals surface area contributed by atoms with Crippen LogP contribution in [0.15, 0.2) is 18.3 Å². The van der Waals surface area contributed by atoms with Crippen LogP contribution in [0.2, 0.25) is 16.6 Å². The zero-order chi connectivity index (χ0) is 23.9. The first-order valence-electron chi connectivity index (χ1n) is 12.2. The molecule has 0 saturated carbocycles. The summed E-state index contributed by atoms with van der Waals surface area (Å²) < 4.78 is 18.2. The maximum absolute atomic E-state index is 12.1. The van der Waals surface area contributed by atoms with Crippen molar-refractivity contribution in [3.05, 3.63) is 23.9 Å². The van der Waals surface area contributed by atoms with Crippen LogP contribution in [0, 0.1) is 5.92 Å². The number of hydrogen-bond acceptors (Lipinski definition) is 5. The fourth-order valence-electron chi connectivity index (χ4n) is 4.97. The molecule has 1 aliphatic heterocycles. The Labute approximate surface area is 196 Å². The Morgan fingerprint density at radius 3 is 2.19 bits per heavy atom. The summed E-state index contributed by atoms with van der Waals surface area (Å²) in [6.45, 7) is 20.3. The minimum Gasteiger partial charge on any atom is -0.474 e. The van der Waals surface area contributed by atoms with Gasteiger partial charge in [0.2, 0.25) is 14.2 Å². The van der Waals surface area contributed by atoms with E-state index < -0.39 is 8.32 Å². The largest absolute Gasteiger partial charge is 0.474 e. The Bertz CT molecular complexity index is 694. The number of nitrogens with zero attached hydrogens (tertiary/aromatic N) is 2. The predicted molar refractivity (Wildman–Crippen MR) is 131 cm³/mol.